The van der Waals surface area contributed by atoms with Gasteiger partial charge in [0.2, 0.25) is 0 Å². The van der Waals surface area contributed by atoms with Crippen LogP contribution >= 0.6 is 0 Å². The average molecular weight is 344 g/mol. The van der Waals surface area contributed by atoms with E-state index in [1.54, 1.807) is 10.9 Å². The Morgan fingerprint density at radius 3 is 2.76 bits per heavy atom. The number of hydrogen-bond acceptors (Lipinski definition) is 6. The molecule has 0 aliphatic carbocycles. The van der Waals surface area contributed by atoms with Crippen molar-refractivity contribution in [2.45, 2.75) is 31.0 Å². The van der Waals surface area contributed by atoms with Crippen LogP contribution in [0, 0.1) is 5.92 Å². The summed E-state index contributed by atoms with van der Waals surface area (Å²) < 4.78 is 6.57. The standard InChI is InChI=1S/C18H24N4O3/c1-22-11-13(10-19-22)14(9-16(23)25-2)17-15(20-21-18(17)24)8-12-6-4-3-5-7-12/h3-7,10-11,14-15,17-18,20-21,24H,8-9H2,1-2H3. The van der Waals surface area contributed by atoms with Gasteiger partial charge in [0.25, 0.3) is 0 Å². The molecule has 2 aromatic rings. The first-order chi connectivity index (χ1) is 12.1. The molecule has 1 saturated heterocycles. The second-order valence-electron chi connectivity index (χ2n) is 6.44. The van der Waals surface area contributed by atoms with E-state index < -0.39 is 6.23 Å². The lowest BCUT2D eigenvalue weighted by Gasteiger charge is -2.28. The number of nitrogens with one attached hydrogen (secondary N) is 2. The van der Waals surface area contributed by atoms with E-state index in [9.17, 15) is 9.90 Å². The largest absolute Gasteiger partial charge is 0.469 e. The van der Waals surface area contributed by atoms with Crippen LogP contribution in [0.4, 0.5) is 0 Å². The number of aryl methyl sites for hydroxylation is 1. The van der Waals surface area contributed by atoms with E-state index in [-0.39, 0.29) is 30.3 Å². The Balaban J connectivity index is 1.86. The fourth-order valence-corrected chi connectivity index (χ4v) is 3.53. The number of hydrogen-bond donors (Lipinski definition) is 3. The first-order valence-corrected chi connectivity index (χ1v) is 8.37. The van der Waals surface area contributed by atoms with Gasteiger partial charge in [-0.2, -0.15) is 5.10 Å². The Bertz CT molecular complexity index is 703. The van der Waals surface area contributed by atoms with Gasteiger partial charge < -0.3 is 9.84 Å². The van der Waals surface area contributed by atoms with Crippen LogP contribution in [-0.4, -0.2) is 40.2 Å². The molecule has 1 aromatic carbocycles. The van der Waals surface area contributed by atoms with Crippen molar-refractivity contribution in [2.24, 2.45) is 13.0 Å². The van der Waals surface area contributed by atoms with E-state index in [1.807, 2.05) is 31.4 Å². The van der Waals surface area contributed by atoms with E-state index in [1.165, 1.54) is 12.7 Å². The number of carbonyl (C=O) groups excluding carboxylic acids is 1. The van der Waals surface area contributed by atoms with Gasteiger partial charge >= 0.3 is 5.97 Å². The minimum Gasteiger partial charge on any atom is -0.469 e. The van der Waals surface area contributed by atoms with Crippen LogP contribution in [0.5, 0.6) is 0 Å². The lowest BCUT2D eigenvalue weighted by molar-refractivity contribution is -0.141. The maximum Gasteiger partial charge on any atom is 0.306 e. The minimum absolute atomic E-state index is 0.0211. The Morgan fingerprint density at radius 2 is 2.12 bits per heavy atom. The second kappa shape index (κ2) is 7.77. The third-order valence-electron chi connectivity index (χ3n) is 4.78. The molecule has 3 N–H and O–H groups in total. The van der Waals surface area contributed by atoms with Crippen molar-refractivity contribution >= 4 is 5.97 Å². The highest BCUT2D eigenvalue weighted by Crippen LogP contribution is 2.35. The summed E-state index contributed by atoms with van der Waals surface area (Å²) in [5, 5.41) is 14.7. The van der Waals surface area contributed by atoms with Crippen LogP contribution in [-0.2, 0) is 23.0 Å². The first-order valence-electron chi connectivity index (χ1n) is 8.37. The Labute approximate surface area is 147 Å². The quantitative estimate of drug-likeness (QED) is 0.669. The maximum absolute atomic E-state index is 12.0. The summed E-state index contributed by atoms with van der Waals surface area (Å²) >= 11 is 0. The summed E-state index contributed by atoms with van der Waals surface area (Å²) in [6.45, 7) is 0. The molecular formula is C18H24N4O3. The van der Waals surface area contributed by atoms with Gasteiger partial charge in [-0.1, -0.05) is 30.3 Å². The van der Waals surface area contributed by atoms with Crippen LogP contribution in [0.15, 0.2) is 42.7 Å². The number of methoxy groups -OCH3 is 1. The smallest absolute Gasteiger partial charge is 0.306 e. The van der Waals surface area contributed by atoms with Gasteiger partial charge in [-0.05, 0) is 17.5 Å². The molecule has 134 valence electrons. The van der Waals surface area contributed by atoms with Crippen LogP contribution in [0.1, 0.15) is 23.5 Å². The molecule has 0 amide bonds. The molecule has 25 heavy (non-hydrogen) atoms. The SMILES string of the molecule is COC(=O)CC(c1cnn(C)c1)C1C(O)NNC1Cc1ccccc1. The molecule has 1 aliphatic rings. The van der Waals surface area contributed by atoms with Crippen molar-refractivity contribution in [3.8, 4) is 0 Å². The monoisotopic (exact) mass is 344 g/mol. The summed E-state index contributed by atoms with van der Waals surface area (Å²) in [6, 6.07) is 10.1. The molecule has 0 bridgehead atoms. The number of aliphatic hydroxyl groups excluding tert-OH is 1. The number of nitrogens with zero attached hydrogens (tertiary/aromatic N) is 2. The van der Waals surface area contributed by atoms with Crippen LogP contribution in [0.25, 0.3) is 0 Å². The molecule has 0 spiro atoms. The first kappa shape index (κ1) is 17.6. The lowest BCUT2D eigenvalue weighted by Crippen LogP contribution is -2.35. The summed E-state index contributed by atoms with van der Waals surface area (Å²) in [4.78, 5) is 12.0. The van der Waals surface area contributed by atoms with Crippen LogP contribution in [0.2, 0.25) is 0 Å². The van der Waals surface area contributed by atoms with Crippen molar-refractivity contribution in [1.29, 1.82) is 0 Å². The number of aromatic nitrogens is 2. The molecule has 4 atom stereocenters. The predicted octanol–water partition coefficient (Wildman–Crippen LogP) is 0.721. The van der Waals surface area contributed by atoms with E-state index in [2.05, 4.69) is 28.1 Å². The van der Waals surface area contributed by atoms with Gasteiger partial charge in [0.05, 0.1) is 19.7 Å². The van der Waals surface area contributed by atoms with Crippen molar-refractivity contribution in [2.75, 3.05) is 7.11 Å². The van der Waals surface area contributed by atoms with Crippen molar-refractivity contribution in [3.05, 3.63) is 53.9 Å². The van der Waals surface area contributed by atoms with Crippen molar-refractivity contribution < 1.29 is 14.6 Å². The Morgan fingerprint density at radius 1 is 1.36 bits per heavy atom. The number of benzene rings is 1. The highest BCUT2D eigenvalue weighted by molar-refractivity contribution is 5.70. The number of aliphatic hydroxyl groups is 1. The number of carbonyl (C=O) groups is 1. The highest BCUT2D eigenvalue weighted by Gasteiger charge is 2.42. The fourth-order valence-electron chi connectivity index (χ4n) is 3.53. The molecule has 1 aliphatic heterocycles. The molecule has 4 unspecified atom stereocenters. The molecular weight excluding hydrogens is 320 g/mol. The van der Waals surface area contributed by atoms with Gasteiger partial charge in [-0.3, -0.25) is 14.9 Å². The molecule has 2 heterocycles. The summed E-state index contributed by atoms with van der Waals surface area (Å²) in [5.41, 5.74) is 8.18. The summed E-state index contributed by atoms with van der Waals surface area (Å²) in [6.07, 6.45) is 3.81. The number of hydrazine groups is 1. The van der Waals surface area contributed by atoms with Crippen LogP contribution < -0.4 is 10.9 Å². The van der Waals surface area contributed by atoms with Gasteiger partial charge in [0.1, 0.15) is 6.23 Å². The molecule has 0 radical (unpaired) electrons. The fraction of sp³-hybridized carbons (Fsp3) is 0.444. The Kier molecular flexibility index (Phi) is 5.47. The summed E-state index contributed by atoms with van der Waals surface area (Å²) in [5.74, 6) is -0.692. The van der Waals surface area contributed by atoms with Gasteiger partial charge in [-0.15, -0.1) is 0 Å². The van der Waals surface area contributed by atoms with Gasteiger partial charge in [0, 0.05) is 31.1 Å². The van der Waals surface area contributed by atoms with E-state index in [4.69, 9.17) is 4.74 Å². The molecule has 0 saturated carbocycles. The van der Waals surface area contributed by atoms with E-state index in [0.29, 0.717) is 0 Å². The molecule has 3 rings (SSSR count). The normalized spacial score (nSPS) is 24.2. The maximum atomic E-state index is 12.0. The minimum atomic E-state index is -0.761. The average Bonchev–Trinajstić information content (AvgIpc) is 3.20. The van der Waals surface area contributed by atoms with Crippen LogP contribution in [0.3, 0.4) is 0 Å². The topological polar surface area (TPSA) is 88.4 Å². The van der Waals surface area contributed by atoms with E-state index >= 15 is 0 Å². The van der Waals surface area contributed by atoms with Gasteiger partial charge in [0.15, 0.2) is 0 Å². The lowest BCUT2D eigenvalue weighted by atomic mass is 9.78. The second-order valence-corrected chi connectivity index (χ2v) is 6.44. The molecule has 7 nitrogen and oxygen atoms in total. The third kappa shape index (κ3) is 4.07. The van der Waals surface area contributed by atoms with E-state index in [0.717, 1.165) is 12.0 Å². The zero-order valence-electron chi connectivity index (χ0n) is 14.4. The predicted molar refractivity (Wildman–Crippen MR) is 92.3 cm³/mol. The number of rotatable bonds is 6. The number of esters is 1. The zero-order valence-corrected chi connectivity index (χ0v) is 14.4. The Hall–Kier alpha value is -2.22. The number of ether oxygens (including phenoxy) is 1. The zero-order chi connectivity index (χ0) is 17.8. The third-order valence-corrected chi connectivity index (χ3v) is 4.78. The summed E-state index contributed by atoms with van der Waals surface area (Å²) in [7, 11) is 3.22. The molecule has 7 heteroatoms. The van der Waals surface area contributed by atoms with Crippen molar-refractivity contribution in [1.82, 2.24) is 20.6 Å². The molecule has 1 fully saturated rings. The molecule has 1 aromatic heterocycles. The van der Waals surface area contributed by atoms with Crippen molar-refractivity contribution in [3.63, 3.8) is 0 Å². The van der Waals surface area contributed by atoms with Gasteiger partial charge in [-0.25, -0.2) is 5.43 Å². The highest BCUT2D eigenvalue weighted by atomic mass is 16.5.